The average Bonchev–Trinajstić information content (AvgIpc) is 2.98. The minimum Gasteiger partial charge on any atom is -0.495 e. The van der Waals surface area contributed by atoms with Crippen molar-refractivity contribution in [3.8, 4) is 5.75 Å². The molecule has 1 aliphatic heterocycles. The highest BCUT2D eigenvalue weighted by atomic mass is 32.2. The Kier molecular flexibility index (Phi) is 5.99. The zero-order valence-electron chi connectivity index (χ0n) is 18.6. The quantitative estimate of drug-likeness (QED) is 0.668. The number of rotatable bonds is 6. The molecule has 2 aromatic carbocycles. The van der Waals surface area contributed by atoms with Gasteiger partial charge in [0.05, 0.1) is 25.5 Å². The lowest BCUT2D eigenvalue weighted by atomic mass is 9.81. The number of likely N-dealkylation sites (tertiary alicyclic amines) is 1. The van der Waals surface area contributed by atoms with Gasteiger partial charge >= 0.3 is 0 Å². The monoisotopic (exact) mass is 456 g/mol. The molecule has 8 heteroatoms. The molecule has 7 nitrogen and oxygen atoms in total. The molecule has 2 fully saturated rings. The van der Waals surface area contributed by atoms with Crippen LogP contribution in [-0.2, 0) is 26.2 Å². The molecule has 2 atom stereocenters. The van der Waals surface area contributed by atoms with Crippen molar-refractivity contribution in [3.05, 3.63) is 53.1 Å². The summed E-state index contributed by atoms with van der Waals surface area (Å²) in [6.07, 6.45) is 3.41. The van der Waals surface area contributed by atoms with E-state index in [4.69, 9.17) is 4.74 Å². The summed E-state index contributed by atoms with van der Waals surface area (Å²) in [7, 11) is -2.55. The Morgan fingerprint density at radius 2 is 1.56 bits per heavy atom. The van der Waals surface area contributed by atoms with Gasteiger partial charge in [-0.3, -0.25) is 19.2 Å². The maximum absolute atomic E-state index is 13.2. The number of hydrogen-bond donors (Lipinski definition) is 1. The van der Waals surface area contributed by atoms with Crippen LogP contribution >= 0.6 is 0 Å². The van der Waals surface area contributed by atoms with Gasteiger partial charge in [-0.2, -0.15) is 0 Å². The molecule has 4 rings (SSSR count). The number of imide groups is 1. The minimum atomic E-state index is -3.96. The summed E-state index contributed by atoms with van der Waals surface area (Å²) in [5.41, 5.74) is 2.91. The first-order valence-electron chi connectivity index (χ1n) is 10.8. The van der Waals surface area contributed by atoms with Crippen LogP contribution in [-0.4, -0.2) is 32.2 Å². The van der Waals surface area contributed by atoms with E-state index in [0.29, 0.717) is 11.3 Å². The molecule has 1 N–H and O–H groups in total. The van der Waals surface area contributed by atoms with Crippen molar-refractivity contribution in [2.75, 3.05) is 11.8 Å². The van der Waals surface area contributed by atoms with Crippen LogP contribution in [0.5, 0.6) is 5.75 Å². The van der Waals surface area contributed by atoms with E-state index in [0.717, 1.165) is 36.8 Å². The second-order valence-electron chi connectivity index (χ2n) is 8.73. The molecule has 0 bridgehead atoms. The average molecular weight is 457 g/mol. The van der Waals surface area contributed by atoms with E-state index < -0.39 is 10.0 Å². The third-order valence-electron chi connectivity index (χ3n) is 6.26. The summed E-state index contributed by atoms with van der Waals surface area (Å²) >= 11 is 0. The van der Waals surface area contributed by atoms with E-state index >= 15 is 0 Å². The molecule has 32 heavy (non-hydrogen) atoms. The number of nitrogens with zero attached hydrogens (tertiary/aromatic N) is 1. The molecule has 2 amide bonds. The van der Waals surface area contributed by atoms with Crippen LogP contribution in [0.4, 0.5) is 5.69 Å². The number of fused-ring (bicyclic) bond motifs is 1. The van der Waals surface area contributed by atoms with Gasteiger partial charge in [0.1, 0.15) is 10.6 Å². The van der Waals surface area contributed by atoms with Gasteiger partial charge in [-0.25, -0.2) is 8.42 Å². The van der Waals surface area contributed by atoms with Gasteiger partial charge < -0.3 is 4.74 Å². The molecule has 2 aliphatic rings. The number of aryl methyl sites for hydroxylation is 2. The highest BCUT2D eigenvalue weighted by Gasteiger charge is 2.47. The highest BCUT2D eigenvalue weighted by Crippen LogP contribution is 2.39. The molecule has 2 aromatic rings. The van der Waals surface area contributed by atoms with Gasteiger partial charge in [0.2, 0.25) is 11.8 Å². The molecule has 0 radical (unpaired) electrons. The number of methoxy groups -OCH3 is 1. The fourth-order valence-electron chi connectivity index (χ4n) is 4.84. The second-order valence-corrected chi connectivity index (χ2v) is 10.4. The SMILES string of the molecule is COc1ccc(CN2C(=O)[C@H]3CCCC[C@H]3C2=O)cc1S(=O)(=O)Nc1cc(C)cc(C)c1. The number of carbonyl (C=O) groups excluding carboxylic acids is 2. The van der Waals surface area contributed by atoms with Crippen LogP contribution in [0.2, 0.25) is 0 Å². The summed E-state index contributed by atoms with van der Waals surface area (Å²) < 4.78 is 34.3. The Morgan fingerprint density at radius 3 is 2.12 bits per heavy atom. The van der Waals surface area contributed by atoms with Gasteiger partial charge in [0, 0.05) is 5.69 Å². The number of nitrogens with one attached hydrogen (secondary N) is 1. The lowest BCUT2D eigenvalue weighted by molar-refractivity contribution is -0.140. The Labute approximate surface area is 188 Å². The first kappa shape index (κ1) is 22.3. The maximum Gasteiger partial charge on any atom is 0.265 e. The van der Waals surface area contributed by atoms with Crippen LogP contribution in [0.25, 0.3) is 0 Å². The van der Waals surface area contributed by atoms with Gasteiger partial charge in [-0.1, -0.05) is 25.0 Å². The van der Waals surface area contributed by atoms with Crippen molar-refractivity contribution < 1.29 is 22.7 Å². The number of ether oxygens (including phenoxy) is 1. The van der Waals surface area contributed by atoms with Gasteiger partial charge in [-0.15, -0.1) is 0 Å². The van der Waals surface area contributed by atoms with Crippen molar-refractivity contribution in [2.24, 2.45) is 11.8 Å². The molecular formula is C24H28N2O5S. The van der Waals surface area contributed by atoms with E-state index in [1.165, 1.54) is 18.1 Å². The first-order chi connectivity index (χ1) is 15.2. The normalized spacial score (nSPS) is 20.9. The van der Waals surface area contributed by atoms with Crippen molar-refractivity contribution >= 4 is 27.5 Å². The molecule has 0 unspecified atom stereocenters. The number of amides is 2. The second kappa shape index (κ2) is 8.58. The maximum atomic E-state index is 13.2. The predicted molar refractivity (Wildman–Crippen MR) is 121 cm³/mol. The number of carbonyl (C=O) groups is 2. The Hall–Kier alpha value is -2.87. The third-order valence-corrected chi connectivity index (χ3v) is 7.67. The van der Waals surface area contributed by atoms with Crippen LogP contribution in [0, 0.1) is 25.7 Å². The van der Waals surface area contributed by atoms with E-state index in [2.05, 4.69) is 4.72 Å². The van der Waals surface area contributed by atoms with Crippen LogP contribution in [0.15, 0.2) is 41.3 Å². The number of hydrogen-bond acceptors (Lipinski definition) is 5. The largest absolute Gasteiger partial charge is 0.495 e. The molecule has 1 saturated heterocycles. The highest BCUT2D eigenvalue weighted by molar-refractivity contribution is 7.92. The Morgan fingerprint density at radius 1 is 0.969 bits per heavy atom. The van der Waals surface area contributed by atoms with Crippen LogP contribution in [0.3, 0.4) is 0 Å². The summed E-state index contributed by atoms with van der Waals surface area (Å²) in [4.78, 5) is 26.9. The number of sulfonamides is 1. The third kappa shape index (κ3) is 4.24. The molecule has 0 aromatic heterocycles. The van der Waals surface area contributed by atoms with E-state index in [1.54, 1.807) is 24.3 Å². The molecule has 1 aliphatic carbocycles. The lowest BCUT2D eigenvalue weighted by Gasteiger charge is -2.19. The summed E-state index contributed by atoms with van der Waals surface area (Å²) in [5.74, 6) is -0.562. The van der Waals surface area contributed by atoms with Gasteiger partial charge in [0.25, 0.3) is 10.0 Å². The molecule has 170 valence electrons. The summed E-state index contributed by atoms with van der Waals surface area (Å²) in [5, 5.41) is 0. The van der Waals surface area contributed by atoms with E-state index in [1.807, 2.05) is 19.9 Å². The predicted octanol–water partition coefficient (Wildman–Crippen LogP) is 3.79. The number of anilines is 1. The van der Waals surface area contributed by atoms with Crippen molar-refractivity contribution in [1.82, 2.24) is 4.90 Å². The van der Waals surface area contributed by atoms with Crippen LogP contribution < -0.4 is 9.46 Å². The number of benzene rings is 2. The van der Waals surface area contributed by atoms with Gasteiger partial charge in [-0.05, 0) is 67.6 Å². The van der Waals surface area contributed by atoms with Crippen LogP contribution in [0.1, 0.15) is 42.4 Å². The lowest BCUT2D eigenvalue weighted by Crippen LogP contribution is -2.30. The first-order valence-corrected chi connectivity index (χ1v) is 12.3. The molecule has 1 saturated carbocycles. The topological polar surface area (TPSA) is 92.8 Å². The zero-order valence-corrected chi connectivity index (χ0v) is 19.4. The fraction of sp³-hybridized carbons (Fsp3) is 0.417. The van der Waals surface area contributed by atoms with E-state index in [-0.39, 0.29) is 40.8 Å². The van der Waals surface area contributed by atoms with Crippen molar-refractivity contribution in [2.45, 2.75) is 51.0 Å². The summed E-state index contributed by atoms with van der Waals surface area (Å²) in [6.45, 7) is 3.85. The standard InChI is InChI=1S/C24H28N2O5S/c1-15-10-16(2)12-18(11-15)25-32(29,30)22-13-17(8-9-21(22)31-3)14-26-23(27)19-6-4-5-7-20(19)24(26)28/h8-13,19-20,25H,4-7,14H2,1-3H3/t19-,20+. The van der Waals surface area contributed by atoms with Crippen molar-refractivity contribution in [3.63, 3.8) is 0 Å². The molecular weight excluding hydrogens is 428 g/mol. The Balaban J connectivity index is 1.62. The molecule has 0 spiro atoms. The smallest absolute Gasteiger partial charge is 0.265 e. The Bertz CT molecular complexity index is 1130. The molecule has 1 heterocycles. The van der Waals surface area contributed by atoms with Gasteiger partial charge in [0.15, 0.2) is 0 Å². The van der Waals surface area contributed by atoms with Crippen molar-refractivity contribution in [1.29, 1.82) is 0 Å². The fourth-order valence-corrected chi connectivity index (χ4v) is 6.10. The minimum absolute atomic E-state index is 0.0341. The van der Waals surface area contributed by atoms with E-state index in [9.17, 15) is 18.0 Å². The zero-order chi connectivity index (χ0) is 23.0. The summed E-state index contributed by atoms with van der Waals surface area (Å²) in [6, 6.07) is 10.2.